The topological polar surface area (TPSA) is 58.5 Å². The Morgan fingerprint density at radius 2 is 2.21 bits per heavy atom. The molecule has 1 heterocycles. The Labute approximate surface area is 143 Å². The lowest BCUT2D eigenvalue weighted by atomic mass is 10.3. The van der Waals surface area contributed by atoms with E-state index in [4.69, 9.17) is 16.3 Å². The fourth-order valence-corrected chi connectivity index (χ4v) is 2.23. The van der Waals surface area contributed by atoms with Gasteiger partial charge in [0.2, 0.25) is 5.88 Å². The van der Waals surface area contributed by atoms with Crippen LogP contribution in [0.1, 0.15) is 25.8 Å². The van der Waals surface area contributed by atoms with Crippen LogP contribution in [-0.2, 0) is 6.18 Å². The molecule has 1 aromatic rings. The number of halogens is 4. The standard InChI is InChI=1S/C15H20ClF3N4O/c1-3-20-14(23-12-6-9(12)2)21-4-5-24-13-11(16)7-10(8-22-13)15(17,18)19/h7-9,12H,3-6H2,1-2H3,(H2,20,21,23). The Balaban J connectivity index is 1.85. The molecule has 0 amide bonds. The van der Waals surface area contributed by atoms with Gasteiger partial charge in [-0.15, -0.1) is 0 Å². The number of aliphatic imine (C=N–C) groups is 1. The highest BCUT2D eigenvalue weighted by Crippen LogP contribution is 2.33. The maximum atomic E-state index is 12.5. The first kappa shape index (κ1) is 18.6. The van der Waals surface area contributed by atoms with Gasteiger partial charge in [0.15, 0.2) is 5.96 Å². The average Bonchev–Trinajstić information content (AvgIpc) is 3.19. The monoisotopic (exact) mass is 364 g/mol. The second kappa shape index (κ2) is 7.92. The van der Waals surface area contributed by atoms with Crippen LogP contribution in [0.25, 0.3) is 0 Å². The Kier molecular flexibility index (Phi) is 6.15. The van der Waals surface area contributed by atoms with E-state index >= 15 is 0 Å². The minimum atomic E-state index is -4.48. The van der Waals surface area contributed by atoms with Gasteiger partial charge in [-0.1, -0.05) is 18.5 Å². The molecule has 1 aliphatic rings. The number of rotatable bonds is 6. The van der Waals surface area contributed by atoms with Crippen molar-refractivity contribution in [1.29, 1.82) is 0 Å². The lowest BCUT2D eigenvalue weighted by Crippen LogP contribution is -2.39. The molecule has 0 bridgehead atoms. The molecular weight excluding hydrogens is 345 g/mol. The fourth-order valence-electron chi connectivity index (χ4n) is 2.01. The van der Waals surface area contributed by atoms with Gasteiger partial charge in [-0.25, -0.2) is 9.98 Å². The third-order valence-electron chi connectivity index (χ3n) is 3.51. The summed E-state index contributed by atoms with van der Waals surface area (Å²) in [6, 6.07) is 1.24. The number of ether oxygens (including phenoxy) is 1. The van der Waals surface area contributed by atoms with Gasteiger partial charge in [0, 0.05) is 18.8 Å². The largest absolute Gasteiger partial charge is 0.475 e. The van der Waals surface area contributed by atoms with E-state index in [1.54, 1.807) is 0 Å². The van der Waals surface area contributed by atoms with Crippen molar-refractivity contribution in [2.24, 2.45) is 10.9 Å². The molecule has 2 N–H and O–H groups in total. The van der Waals surface area contributed by atoms with Crippen LogP contribution >= 0.6 is 11.6 Å². The van der Waals surface area contributed by atoms with Crippen molar-refractivity contribution >= 4 is 17.6 Å². The summed E-state index contributed by atoms with van der Waals surface area (Å²) >= 11 is 5.77. The summed E-state index contributed by atoms with van der Waals surface area (Å²) in [6.45, 7) is 5.35. The molecular formula is C15H20ClF3N4O. The molecule has 1 fully saturated rings. The van der Waals surface area contributed by atoms with Crippen molar-refractivity contribution in [2.75, 3.05) is 19.7 Å². The fraction of sp³-hybridized carbons (Fsp3) is 0.600. The van der Waals surface area contributed by atoms with Crippen molar-refractivity contribution in [2.45, 2.75) is 32.5 Å². The van der Waals surface area contributed by atoms with Crippen molar-refractivity contribution in [1.82, 2.24) is 15.6 Å². The van der Waals surface area contributed by atoms with Gasteiger partial charge in [0.05, 0.1) is 12.1 Å². The molecule has 0 spiro atoms. The van der Waals surface area contributed by atoms with E-state index < -0.39 is 11.7 Å². The second-order valence-electron chi connectivity index (χ2n) is 5.58. The summed E-state index contributed by atoms with van der Waals surface area (Å²) in [5, 5.41) is 6.24. The highest BCUT2D eigenvalue weighted by Gasteiger charge is 2.33. The smallest absolute Gasteiger partial charge is 0.417 e. The third-order valence-corrected chi connectivity index (χ3v) is 3.78. The van der Waals surface area contributed by atoms with Crippen LogP contribution in [0.5, 0.6) is 5.88 Å². The van der Waals surface area contributed by atoms with Crippen LogP contribution in [0.2, 0.25) is 5.02 Å². The quantitative estimate of drug-likeness (QED) is 0.462. The molecule has 0 aromatic carbocycles. The molecule has 2 rings (SSSR count). The summed E-state index contributed by atoms with van der Waals surface area (Å²) in [4.78, 5) is 7.96. The van der Waals surface area contributed by atoms with Crippen LogP contribution in [-0.4, -0.2) is 36.7 Å². The lowest BCUT2D eigenvalue weighted by molar-refractivity contribution is -0.137. The van der Waals surface area contributed by atoms with Crippen LogP contribution in [0, 0.1) is 5.92 Å². The summed E-state index contributed by atoms with van der Waals surface area (Å²) in [5.74, 6) is 1.30. The van der Waals surface area contributed by atoms with Crippen molar-refractivity contribution in [3.8, 4) is 5.88 Å². The van der Waals surface area contributed by atoms with E-state index in [1.807, 2.05) is 6.92 Å². The maximum absolute atomic E-state index is 12.5. The third kappa shape index (κ3) is 5.43. The molecule has 0 saturated heterocycles. The van der Waals surface area contributed by atoms with E-state index in [2.05, 4.69) is 27.5 Å². The summed E-state index contributed by atoms with van der Waals surface area (Å²) in [6.07, 6.45) is -2.66. The second-order valence-corrected chi connectivity index (χ2v) is 5.99. The van der Waals surface area contributed by atoms with E-state index in [0.717, 1.165) is 19.0 Å². The van der Waals surface area contributed by atoms with Gasteiger partial charge < -0.3 is 15.4 Å². The molecule has 2 atom stereocenters. The molecule has 9 heteroatoms. The highest BCUT2D eigenvalue weighted by atomic mass is 35.5. The maximum Gasteiger partial charge on any atom is 0.417 e. The summed E-state index contributed by atoms with van der Waals surface area (Å²) < 4.78 is 42.9. The molecule has 2 unspecified atom stereocenters. The summed E-state index contributed by atoms with van der Waals surface area (Å²) in [7, 11) is 0. The first-order chi connectivity index (χ1) is 11.3. The predicted octanol–water partition coefficient (Wildman–Crippen LogP) is 3.10. The Morgan fingerprint density at radius 3 is 2.75 bits per heavy atom. The Morgan fingerprint density at radius 1 is 1.50 bits per heavy atom. The molecule has 5 nitrogen and oxygen atoms in total. The van der Waals surface area contributed by atoms with E-state index in [1.165, 1.54) is 0 Å². The van der Waals surface area contributed by atoms with Gasteiger partial charge in [-0.05, 0) is 25.3 Å². The minimum Gasteiger partial charge on any atom is -0.475 e. The van der Waals surface area contributed by atoms with Gasteiger partial charge in [0.1, 0.15) is 11.6 Å². The van der Waals surface area contributed by atoms with E-state index in [9.17, 15) is 13.2 Å². The van der Waals surface area contributed by atoms with Crippen LogP contribution < -0.4 is 15.4 Å². The molecule has 134 valence electrons. The van der Waals surface area contributed by atoms with Gasteiger partial charge in [0.25, 0.3) is 0 Å². The van der Waals surface area contributed by atoms with E-state index in [0.29, 0.717) is 30.7 Å². The minimum absolute atomic E-state index is 0.0337. The number of guanidine groups is 1. The number of pyridine rings is 1. The van der Waals surface area contributed by atoms with E-state index in [-0.39, 0.29) is 17.5 Å². The number of nitrogens with zero attached hydrogens (tertiary/aromatic N) is 2. The number of aromatic nitrogens is 1. The van der Waals surface area contributed by atoms with Crippen LogP contribution in [0.15, 0.2) is 17.3 Å². The first-order valence-electron chi connectivity index (χ1n) is 7.71. The SMILES string of the molecule is CCNC(=NCCOc1ncc(C(F)(F)F)cc1Cl)NC1CC1C. The van der Waals surface area contributed by atoms with Gasteiger partial charge in [-0.3, -0.25) is 0 Å². The average molecular weight is 365 g/mol. The van der Waals surface area contributed by atoms with Gasteiger partial charge >= 0.3 is 6.18 Å². The number of alkyl halides is 3. The Bertz CT molecular complexity index is 595. The highest BCUT2D eigenvalue weighted by molar-refractivity contribution is 6.31. The van der Waals surface area contributed by atoms with Crippen molar-refractivity contribution in [3.63, 3.8) is 0 Å². The molecule has 0 aliphatic heterocycles. The number of nitrogens with one attached hydrogen (secondary N) is 2. The first-order valence-corrected chi connectivity index (χ1v) is 8.09. The molecule has 0 radical (unpaired) electrons. The zero-order valence-corrected chi connectivity index (χ0v) is 14.2. The zero-order valence-electron chi connectivity index (χ0n) is 13.5. The van der Waals surface area contributed by atoms with Crippen molar-refractivity contribution < 1.29 is 17.9 Å². The number of hydrogen-bond donors (Lipinski definition) is 2. The molecule has 1 aromatic heterocycles. The number of hydrogen-bond acceptors (Lipinski definition) is 3. The summed E-state index contributed by atoms with van der Waals surface area (Å²) in [5.41, 5.74) is -0.907. The predicted molar refractivity (Wildman–Crippen MR) is 86.4 cm³/mol. The molecule has 1 saturated carbocycles. The lowest BCUT2D eigenvalue weighted by Gasteiger charge is -2.11. The van der Waals surface area contributed by atoms with Gasteiger partial charge in [-0.2, -0.15) is 13.2 Å². The van der Waals surface area contributed by atoms with Crippen molar-refractivity contribution in [3.05, 3.63) is 22.8 Å². The molecule has 24 heavy (non-hydrogen) atoms. The van der Waals surface area contributed by atoms with Crippen LogP contribution in [0.3, 0.4) is 0 Å². The normalized spacial score (nSPS) is 20.7. The zero-order chi connectivity index (χ0) is 17.7. The Hall–Kier alpha value is -1.70. The molecule has 1 aliphatic carbocycles. The van der Waals surface area contributed by atoms with Crippen LogP contribution in [0.4, 0.5) is 13.2 Å².